The minimum Gasteiger partial charge on any atom is -0.341 e. The number of aryl methyl sites for hydroxylation is 2. The fourth-order valence-electron chi connectivity index (χ4n) is 4.63. The SMILES string of the molecule is Cc1ccc(-c2cn3nc(C(=O)NC4(c5ccc(F)cc5)CCC4)c(C(F)(F)F)c3c(=O)[nH]2)cc1C. The second-order valence-electron chi connectivity index (χ2n) is 9.21. The molecular weight excluding hydrogens is 476 g/mol. The highest BCUT2D eigenvalue weighted by Crippen LogP contribution is 2.42. The van der Waals surface area contributed by atoms with E-state index in [2.05, 4.69) is 15.4 Å². The standard InChI is InChI=1S/C26H22F4N4O2/c1-14-4-5-16(12-15(14)2)19-13-34-22(24(36)31-19)20(26(28,29)30)21(33-34)23(35)32-25(10-3-11-25)17-6-8-18(27)9-7-17/h4-9,12-13H,3,10-11H2,1-2H3,(H,31,36)(H,32,35). The molecule has 6 nitrogen and oxygen atoms in total. The number of amides is 1. The highest BCUT2D eigenvalue weighted by atomic mass is 19.4. The number of carbonyl (C=O) groups excluding carboxylic acids is 1. The lowest BCUT2D eigenvalue weighted by atomic mass is 9.71. The van der Waals surface area contributed by atoms with Crippen molar-refractivity contribution in [2.75, 3.05) is 0 Å². The number of carbonyl (C=O) groups is 1. The molecule has 1 fully saturated rings. The van der Waals surface area contributed by atoms with Gasteiger partial charge in [0, 0.05) is 0 Å². The number of rotatable bonds is 4. The molecule has 2 aromatic heterocycles. The molecule has 1 aliphatic rings. The van der Waals surface area contributed by atoms with Crippen LogP contribution >= 0.6 is 0 Å². The third-order valence-electron chi connectivity index (χ3n) is 6.90. The molecule has 10 heteroatoms. The zero-order chi connectivity index (χ0) is 25.8. The van der Waals surface area contributed by atoms with Crippen LogP contribution in [0.15, 0.2) is 53.5 Å². The molecule has 1 aliphatic carbocycles. The van der Waals surface area contributed by atoms with E-state index in [1.807, 2.05) is 19.9 Å². The summed E-state index contributed by atoms with van der Waals surface area (Å²) in [6.45, 7) is 3.80. The molecule has 0 spiro atoms. The lowest BCUT2D eigenvalue weighted by molar-refractivity contribution is -0.136. The molecular formula is C26H22F4N4O2. The Balaban J connectivity index is 1.61. The molecule has 0 unspecified atom stereocenters. The van der Waals surface area contributed by atoms with Crippen LogP contribution in [0.25, 0.3) is 16.8 Å². The zero-order valence-corrected chi connectivity index (χ0v) is 19.5. The number of nitrogens with zero attached hydrogens (tertiary/aromatic N) is 2. The first-order chi connectivity index (χ1) is 17.0. The maximum Gasteiger partial charge on any atom is 0.421 e. The number of H-pyrrole nitrogens is 1. The molecule has 2 aromatic carbocycles. The number of halogens is 4. The molecule has 0 atom stereocenters. The van der Waals surface area contributed by atoms with Crippen LogP contribution in [0.3, 0.4) is 0 Å². The van der Waals surface area contributed by atoms with E-state index in [1.165, 1.54) is 30.5 Å². The first kappa shape index (κ1) is 23.8. The van der Waals surface area contributed by atoms with Crippen LogP contribution in [0, 0.1) is 19.7 Å². The smallest absolute Gasteiger partial charge is 0.341 e. The average Bonchev–Trinajstić information content (AvgIpc) is 3.20. The molecule has 1 amide bonds. The van der Waals surface area contributed by atoms with Crippen LogP contribution in [0.2, 0.25) is 0 Å². The maximum atomic E-state index is 14.1. The molecule has 5 rings (SSSR count). The number of fused-ring (bicyclic) bond motifs is 1. The van der Waals surface area contributed by atoms with Gasteiger partial charge in [0.05, 0.1) is 17.4 Å². The van der Waals surface area contributed by atoms with E-state index >= 15 is 0 Å². The maximum absolute atomic E-state index is 14.1. The first-order valence-electron chi connectivity index (χ1n) is 11.4. The number of aromatic nitrogens is 3. The van der Waals surface area contributed by atoms with E-state index in [-0.39, 0.29) is 5.69 Å². The van der Waals surface area contributed by atoms with Crippen molar-refractivity contribution in [3.63, 3.8) is 0 Å². The second-order valence-corrected chi connectivity index (χ2v) is 9.21. The second kappa shape index (κ2) is 8.32. The van der Waals surface area contributed by atoms with E-state index in [9.17, 15) is 27.2 Å². The van der Waals surface area contributed by atoms with Gasteiger partial charge in [-0.1, -0.05) is 24.3 Å². The summed E-state index contributed by atoms with van der Waals surface area (Å²) in [5.41, 5.74) is -1.58. The predicted octanol–water partition coefficient (Wildman–Crippen LogP) is 5.27. The topological polar surface area (TPSA) is 79.3 Å². The van der Waals surface area contributed by atoms with Crippen LogP contribution in [0.4, 0.5) is 17.6 Å². The lowest BCUT2D eigenvalue weighted by Crippen LogP contribution is -2.51. The number of hydrogen-bond donors (Lipinski definition) is 2. The highest BCUT2D eigenvalue weighted by molar-refractivity contribution is 5.96. The van der Waals surface area contributed by atoms with Crippen molar-refractivity contribution in [2.45, 2.75) is 44.8 Å². The Labute approximate surface area is 203 Å². The van der Waals surface area contributed by atoms with E-state index in [0.717, 1.165) is 22.1 Å². The molecule has 0 bridgehead atoms. The van der Waals surface area contributed by atoms with Crippen LogP contribution < -0.4 is 10.9 Å². The van der Waals surface area contributed by atoms with Crippen molar-refractivity contribution in [1.29, 1.82) is 0 Å². The lowest BCUT2D eigenvalue weighted by Gasteiger charge is -2.43. The Hall–Kier alpha value is -3.95. The number of hydrogen-bond acceptors (Lipinski definition) is 3. The molecule has 1 saturated carbocycles. The zero-order valence-electron chi connectivity index (χ0n) is 19.5. The number of benzene rings is 2. The normalized spacial score (nSPS) is 15.1. The fraction of sp³-hybridized carbons (Fsp3) is 0.269. The van der Waals surface area contributed by atoms with Crippen molar-refractivity contribution >= 4 is 11.4 Å². The Morgan fingerprint density at radius 2 is 1.78 bits per heavy atom. The van der Waals surface area contributed by atoms with Crippen LogP contribution in [-0.2, 0) is 11.7 Å². The summed E-state index contributed by atoms with van der Waals surface area (Å²) in [4.78, 5) is 28.6. The van der Waals surface area contributed by atoms with Crippen LogP contribution in [0.5, 0.6) is 0 Å². The van der Waals surface area contributed by atoms with Crippen molar-refractivity contribution in [2.24, 2.45) is 0 Å². The van der Waals surface area contributed by atoms with Crippen LogP contribution in [-0.4, -0.2) is 20.5 Å². The van der Waals surface area contributed by atoms with E-state index in [1.54, 1.807) is 12.1 Å². The number of alkyl halides is 3. The Morgan fingerprint density at radius 3 is 2.36 bits per heavy atom. The summed E-state index contributed by atoms with van der Waals surface area (Å²) in [6, 6.07) is 10.9. The minimum absolute atomic E-state index is 0.264. The molecule has 0 saturated heterocycles. The van der Waals surface area contributed by atoms with Gasteiger partial charge in [-0.15, -0.1) is 0 Å². The van der Waals surface area contributed by atoms with Crippen molar-refractivity contribution in [3.8, 4) is 11.3 Å². The average molecular weight is 498 g/mol. The molecule has 0 aliphatic heterocycles. The van der Waals surface area contributed by atoms with Gasteiger partial charge in [0.15, 0.2) is 5.69 Å². The van der Waals surface area contributed by atoms with Gasteiger partial charge in [-0.2, -0.15) is 18.3 Å². The summed E-state index contributed by atoms with van der Waals surface area (Å²) >= 11 is 0. The minimum atomic E-state index is -5.01. The van der Waals surface area contributed by atoms with Gasteiger partial charge >= 0.3 is 6.18 Å². The van der Waals surface area contributed by atoms with Gasteiger partial charge in [0.2, 0.25) is 0 Å². The van der Waals surface area contributed by atoms with Crippen molar-refractivity contribution in [1.82, 2.24) is 19.9 Å². The molecule has 36 heavy (non-hydrogen) atoms. The Kier molecular flexibility index (Phi) is 5.50. The summed E-state index contributed by atoms with van der Waals surface area (Å²) in [7, 11) is 0. The summed E-state index contributed by atoms with van der Waals surface area (Å²) in [5.74, 6) is -1.51. The Morgan fingerprint density at radius 1 is 1.08 bits per heavy atom. The van der Waals surface area contributed by atoms with Crippen molar-refractivity contribution in [3.05, 3.63) is 92.8 Å². The predicted molar refractivity (Wildman–Crippen MR) is 125 cm³/mol. The monoisotopic (exact) mass is 498 g/mol. The molecule has 0 radical (unpaired) electrons. The third-order valence-corrected chi connectivity index (χ3v) is 6.90. The van der Waals surface area contributed by atoms with Crippen LogP contribution in [0.1, 0.15) is 52.0 Å². The van der Waals surface area contributed by atoms with Gasteiger partial charge < -0.3 is 10.3 Å². The summed E-state index contributed by atoms with van der Waals surface area (Å²) in [5, 5.41) is 6.61. The third kappa shape index (κ3) is 3.96. The van der Waals surface area contributed by atoms with Gasteiger partial charge in [-0.05, 0) is 73.6 Å². The highest BCUT2D eigenvalue weighted by Gasteiger charge is 2.45. The van der Waals surface area contributed by atoms with E-state index in [4.69, 9.17) is 0 Å². The van der Waals surface area contributed by atoms with Gasteiger partial charge in [-0.3, -0.25) is 9.59 Å². The largest absolute Gasteiger partial charge is 0.421 e. The number of aromatic amines is 1. The quantitative estimate of drug-likeness (QED) is 0.376. The summed E-state index contributed by atoms with van der Waals surface area (Å²) in [6.07, 6.45) is -2.03. The fourth-order valence-corrected chi connectivity index (χ4v) is 4.63. The van der Waals surface area contributed by atoms with E-state index < -0.39 is 45.8 Å². The van der Waals surface area contributed by atoms with Crippen molar-refractivity contribution < 1.29 is 22.4 Å². The summed E-state index contributed by atoms with van der Waals surface area (Å²) < 4.78 is 56.6. The van der Waals surface area contributed by atoms with Gasteiger partial charge in [0.1, 0.15) is 16.9 Å². The van der Waals surface area contributed by atoms with Gasteiger partial charge in [0.25, 0.3) is 11.5 Å². The molecule has 4 aromatic rings. The first-order valence-corrected chi connectivity index (χ1v) is 11.4. The molecule has 2 heterocycles. The Bertz CT molecular complexity index is 1550. The molecule has 2 N–H and O–H groups in total. The van der Waals surface area contributed by atoms with Gasteiger partial charge in [-0.25, -0.2) is 8.91 Å². The number of nitrogens with one attached hydrogen (secondary N) is 2. The van der Waals surface area contributed by atoms with E-state index in [0.29, 0.717) is 24.0 Å². The molecule has 186 valence electrons.